The minimum Gasteiger partial charge on any atom is -0.444 e. The maximum Gasteiger partial charge on any atom is 0.211 e. The van der Waals surface area contributed by atoms with Gasteiger partial charge < -0.3 is 14.7 Å². The molecule has 0 aliphatic carbocycles. The lowest BCUT2D eigenvalue weighted by Crippen LogP contribution is -2.18. The molecule has 2 N–H and O–H groups in total. The largest absolute Gasteiger partial charge is 0.444 e. The van der Waals surface area contributed by atoms with Crippen LogP contribution in [0.15, 0.2) is 41.1 Å². The van der Waals surface area contributed by atoms with E-state index in [1.165, 1.54) is 16.5 Å². The molecule has 3 aromatic rings. The highest BCUT2D eigenvalue weighted by molar-refractivity contribution is 5.82. The smallest absolute Gasteiger partial charge is 0.211 e. The van der Waals surface area contributed by atoms with E-state index in [0.717, 1.165) is 18.2 Å². The molecule has 0 bridgehead atoms. The summed E-state index contributed by atoms with van der Waals surface area (Å²) in [6.45, 7) is 4.75. The van der Waals surface area contributed by atoms with Gasteiger partial charge in [-0.25, -0.2) is 4.98 Å². The fourth-order valence-corrected chi connectivity index (χ4v) is 2.23. The molecule has 0 saturated heterocycles. The first kappa shape index (κ1) is 12.0. The van der Waals surface area contributed by atoms with E-state index in [1.807, 2.05) is 13.1 Å². The number of nitrogens with zero attached hydrogens (tertiary/aromatic N) is 1. The highest BCUT2D eigenvalue weighted by atomic mass is 16.4. The second-order valence-corrected chi connectivity index (χ2v) is 4.77. The van der Waals surface area contributed by atoms with E-state index in [-0.39, 0.29) is 6.04 Å². The van der Waals surface area contributed by atoms with Crippen LogP contribution < -0.4 is 5.32 Å². The molecule has 2 heterocycles. The first-order valence-electron chi connectivity index (χ1n) is 6.45. The van der Waals surface area contributed by atoms with Crippen LogP contribution in [-0.4, -0.2) is 9.97 Å². The lowest BCUT2D eigenvalue weighted by atomic mass is 10.1. The van der Waals surface area contributed by atoms with Crippen LogP contribution in [0, 0.1) is 6.92 Å². The lowest BCUT2D eigenvalue weighted by Gasteiger charge is -2.11. The zero-order valence-electron chi connectivity index (χ0n) is 11.1. The molecule has 1 aromatic carbocycles. The van der Waals surface area contributed by atoms with Gasteiger partial charge in [-0.15, -0.1) is 0 Å². The van der Waals surface area contributed by atoms with Crippen LogP contribution in [0.5, 0.6) is 0 Å². The third-order valence-electron chi connectivity index (χ3n) is 3.29. The predicted molar refractivity (Wildman–Crippen MR) is 74.8 cm³/mol. The average molecular weight is 255 g/mol. The van der Waals surface area contributed by atoms with Gasteiger partial charge in [0.05, 0.1) is 12.2 Å². The zero-order valence-corrected chi connectivity index (χ0v) is 11.1. The molecule has 2 aromatic heterocycles. The Hall–Kier alpha value is -2.07. The van der Waals surface area contributed by atoms with Crippen molar-refractivity contribution in [1.29, 1.82) is 0 Å². The number of oxazole rings is 1. The van der Waals surface area contributed by atoms with Crippen LogP contribution in [0.4, 0.5) is 0 Å². The number of aryl methyl sites for hydroxylation is 1. The number of fused-ring (bicyclic) bond motifs is 1. The maximum atomic E-state index is 5.53. The van der Waals surface area contributed by atoms with E-state index in [1.54, 1.807) is 6.20 Å². The van der Waals surface area contributed by atoms with Crippen molar-refractivity contribution < 1.29 is 4.42 Å². The molecule has 0 radical (unpaired) electrons. The van der Waals surface area contributed by atoms with Crippen molar-refractivity contribution in [2.45, 2.75) is 26.4 Å². The summed E-state index contributed by atoms with van der Waals surface area (Å²) in [7, 11) is 0. The Kier molecular flexibility index (Phi) is 3.09. The van der Waals surface area contributed by atoms with Crippen molar-refractivity contribution in [3.63, 3.8) is 0 Å². The normalized spacial score (nSPS) is 12.9. The van der Waals surface area contributed by atoms with Crippen molar-refractivity contribution in [2.24, 2.45) is 0 Å². The van der Waals surface area contributed by atoms with Crippen molar-refractivity contribution in [3.8, 4) is 0 Å². The number of aromatic nitrogens is 2. The molecular weight excluding hydrogens is 238 g/mol. The molecule has 4 nitrogen and oxygen atoms in total. The van der Waals surface area contributed by atoms with E-state index in [9.17, 15) is 0 Å². The maximum absolute atomic E-state index is 5.53. The molecule has 1 atom stereocenters. The molecule has 4 heteroatoms. The molecule has 19 heavy (non-hydrogen) atoms. The summed E-state index contributed by atoms with van der Waals surface area (Å²) < 4.78 is 5.53. The fourth-order valence-electron chi connectivity index (χ4n) is 2.23. The van der Waals surface area contributed by atoms with Gasteiger partial charge in [-0.3, -0.25) is 0 Å². The van der Waals surface area contributed by atoms with Gasteiger partial charge in [0.2, 0.25) is 5.89 Å². The molecule has 0 fully saturated rings. The topological polar surface area (TPSA) is 53.9 Å². The molecule has 0 saturated carbocycles. The Morgan fingerprint density at radius 1 is 1.37 bits per heavy atom. The summed E-state index contributed by atoms with van der Waals surface area (Å²) in [4.78, 5) is 7.47. The molecule has 0 spiro atoms. The average Bonchev–Trinajstić information content (AvgIpc) is 3.04. The van der Waals surface area contributed by atoms with Crippen LogP contribution in [0.3, 0.4) is 0 Å². The molecule has 0 aliphatic rings. The SMILES string of the molecule is Cc1cnc(C(C)NCc2cccc3[nH]ccc23)o1. The Bertz CT molecular complexity index is 683. The van der Waals surface area contributed by atoms with Crippen LogP contribution in [0.2, 0.25) is 0 Å². The van der Waals surface area contributed by atoms with E-state index in [2.05, 4.69) is 46.5 Å². The van der Waals surface area contributed by atoms with Crippen LogP contribution in [0.1, 0.15) is 30.2 Å². The van der Waals surface area contributed by atoms with Crippen LogP contribution in [-0.2, 0) is 6.54 Å². The van der Waals surface area contributed by atoms with Gasteiger partial charge in [0.15, 0.2) is 0 Å². The second-order valence-electron chi connectivity index (χ2n) is 4.77. The minimum absolute atomic E-state index is 0.0999. The quantitative estimate of drug-likeness (QED) is 0.752. The Morgan fingerprint density at radius 2 is 2.26 bits per heavy atom. The predicted octanol–water partition coefficient (Wildman–Crippen LogP) is 3.32. The third-order valence-corrected chi connectivity index (χ3v) is 3.29. The van der Waals surface area contributed by atoms with Gasteiger partial charge in [0, 0.05) is 23.6 Å². The summed E-state index contributed by atoms with van der Waals surface area (Å²) in [6, 6.07) is 8.49. The fraction of sp³-hybridized carbons (Fsp3) is 0.267. The number of H-pyrrole nitrogens is 1. The molecule has 1 unspecified atom stereocenters. The van der Waals surface area contributed by atoms with Gasteiger partial charge in [0.1, 0.15) is 5.76 Å². The highest BCUT2D eigenvalue weighted by Crippen LogP contribution is 2.19. The zero-order chi connectivity index (χ0) is 13.2. The highest BCUT2D eigenvalue weighted by Gasteiger charge is 2.11. The molecule has 98 valence electrons. The Balaban J connectivity index is 1.74. The summed E-state index contributed by atoms with van der Waals surface area (Å²) in [6.07, 6.45) is 3.72. The first-order chi connectivity index (χ1) is 9.24. The summed E-state index contributed by atoms with van der Waals surface area (Å²) in [5.74, 6) is 1.58. The Morgan fingerprint density at radius 3 is 3.05 bits per heavy atom. The summed E-state index contributed by atoms with van der Waals surface area (Å²) in [5, 5.41) is 4.70. The number of hydrogen-bond donors (Lipinski definition) is 2. The first-order valence-corrected chi connectivity index (χ1v) is 6.45. The minimum atomic E-state index is 0.0999. The summed E-state index contributed by atoms with van der Waals surface area (Å²) in [5.41, 5.74) is 2.44. The van der Waals surface area contributed by atoms with E-state index >= 15 is 0 Å². The van der Waals surface area contributed by atoms with E-state index in [4.69, 9.17) is 4.42 Å². The molecule has 3 rings (SSSR count). The van der Waals surface area contributed by atoms with Crippen molar-refractivity contribution in [3.05, 3.63) is 53.9 Å². The molecular formula is C15H17N3O. The number of nitrogens with one attached hydrogen (secondary N) is 2. The van der Waals surface area contributed by atoms with E-state index in [0.29, 0.717) is 0 Å². The van der Waals surface area contributed by atoms with Gasteiger partial charge >= 0.3 is 0 Å². The van der Waals surface area contributed by atoms with Crippen molar-refractivity contribution in [2.75, 3.05) is 0 Å². The number of benzene rings is 1. The molecule has 0 amide bonds. The van der Waals surface area contributed by atoms with E-state index < -0.39 is 0 Å². The summed E-state index contributed by atoms with van der Waals surface area (Å²) >= 11 is 0. The standard InChI is InChI=1S/C15H17N3O/c1-10-8-18-15(19-10)11(2)17-9-12-4-3-5-14-13(12)6-7-16-14/h3-8,11,16-17H,9H2,1-2H3. The second kappa shape index (κ2) is 4.90. The van der Waals surface area contributed by atoms with Crippen LogP contribution >= 0.6 is 0 Å². The number of aromatic amines is 1. The lowest BCUT2D eigenvalue weighted by molar-refractivity contribution is 0.402. The molecule has 0 aliphatic heterocycles. The third kappa shape index (κ3) is 2.39. The Labute approximate surface area is 111 Å². The van der Waals surface area contributed by atoms with Crippen LogP contribution in [0.25, 0.3) is 10.9 Å². The van der Waals surface area contributed by atoms with Gasteiger partial charge in [-0.2, -0.15) is 0 Å². The van der Waals surface area contributed by atoms with Gasteiger partial charge in [0.25, 0.3) is 0 Å². The van der Waals surface area contributed by atoms with Crippen molar-refractivity contribution >= 4 is 10.9 Å². The van der Waals surface area contributed by atoms with Gasteiger partial charge in [-0.1, -0.05) is 12.1 Å². The monoisotopic (exact) mass is 255 g/mol. The van der Waals surface area contributed by atoms with Gasteiger partial charge in [-0.05, 0) is 31.5 Å². The van der Waals surface area contributed by atoms with Crippen molar-refractivity contribution in [1.82, 2.24) is 15.3 Å². The number of hydrogen-bond acceptors (Lipinski definition) is 3. The number of rotatable bonds is 4.